The Morgan fingerprint density at radius 2 is 1.87 bits per heavy atom. The second kappa shape index (κ2) is 7.10. The van der Waals surface area contributed by atoms with E-state index in [-0.39, 0.29) is 17.7 Å². The minimum absolute atomic E-state index is 0.140. The van der Waals surface area contributed by atoms with Crippen LogP contribution in [0.5, 0.6) is 0 Å². The van der Waals surface area contributed by atoms with Gasteiger partial charge < -0.3 is 15.0 Å². The predicted molar refractivity (Wildman–Crippen MR) is 106 cm³/mol. The molecule has 1 saturated carbocycles. The lowest BCUT2D eigenvalue weighted by Gasteiger charge is -2.48. The number of hydrogen-bond donors (Lipinski definition) is 2. The number of quaternary nitrogens is 1. The summed E-state index contributed by atoms with van der Waals surface area (Å²) in [6, 6.07) is 13.6. The average Bonchev–Trinajstić information content (AvgIpc) is 3.01. The van der Waals surface area contributed by atoms with Crippen LogP contribution in [0, 0.1) is 56.7 Å². The third-order valence-corrected chi connectivity index (χ3v) is 7.22. The fourth-order valence-corrected chi connectivity index (χ4v) is 5.71. The number of carbonyl (C=O) groups is 1. The summed E-state index contributed by atoms with van der Waals surface area (Å²) in [6.45, 7) is 0. The van der Waals surface area contributed by atoms with E-state index in [9.17, 15) is 20.6 Å². The highest BCUT2D eigenvalue weighted by Crippen LogP contribution is 2.55. The molecule has 30 heavy (non-hydrogen) atoms. The van der Waals surface area contributed by atoms with Crippen LogP contribution in [0.3, 0.4) is 0 Å². The van der Waals surface area contributed by atoms with Crippen molar-refractivity contribution in [2.24, 2.45) is 17.3 Å². The first-order valence-corrected chi connectivity index (χ1v) is 9.97. The van der Waals surface area contributed by atoms with Gasteiger partial charge >= 0.3 is 5.97 Å². The molecule has 6 atom stereocenters. The van der Waals surface area contributed by atoms with E-state index >= 15 is 0 Å². The lowest BCUT2D eigenvalue weighted by Crippen LogP contribution is -3.15. The molecule has 1 aromatic rings. The fraction of sp³-hybridized carbons (Fsp3) is 0.435. The molecular formula is C23H22N5O2+. The van der Waals surface area contributed by atoms with Gasteiger partial charge in [-0.2, -0.15) is 15.8 Å². The molecule has 0 amide bonds. The zero-order valence-electron chi connectivity index (χ0n) is 16.8. The number of nitriles is 3. The monoisotopic (exact) mass is 400 g/mol. The average molecular weight is 400 g/mol. The van der Waals surface area contributed by atoms with Gasteiger partial charge in [0.15, 0.2) is 5.41 Å². The second-order valence-corrected chi connectivity index (χ2v) is 8.33. The van der Waals surface area contributed by atoms with Crippen molar-refractivity contribution >= 4 is 11.7 Å². The molecule has 0 radical (unpaired) electrons. The number of rotatable bonds is 2. The van der Waals surface area contributed by atoms with Crippen LogP contribution in [0.2, 0.25) is 0 Å². The lowest BCUT2D eigenvalue weighted by atomic mass is 9.53. The van der Waals surface area contributed by atoms with Crippen LogP contribution < -0.4 is 4.90 Å². The summed E-state index contributed by atoms with van der Waals surface area (Å²) in [5.74, 6) is -2.08. The maximum atomic E-state index is 11.8. The molecule has 3 aliphatic rings. The third kappa shape index (κ3) is 2.51. The van der Waals surface area contributed by atoms with E-state index in [1.54, 1.807) is 24.3 Å². The first-order chi connectivity index (χ1) is 14.4. The molecule has 1 saturated heterocycles. The van der Waals surface area contributed by atoms with E-state index in [1.807, 2.05) is 0 Å². The smallest absolute Gasteiger partial charge is 0.337 e. The SMILES string of the molecule is COC(=O)c1ccc([C@@H]2[C@@H]3C(=C[C@H]4CC[C@@H]3[NH+]4C)C(C#N)C(=N)C2(C#N)C#N)cc1. The van der Waals surface area contributed by atoms with Crippen molar-refractivity contribution in [3.8, 4) is 18.2 Å². The molecular weight excluding hydrogens is 378 g/mol. The van der Waals surface area contributed by atoms with Crippen molar-refractivity contribution in [2.45, 2.75) is 30.8 Å². The number of methoxy groups -OCH3 is 1. The molecule has 2 fully saturated rings. The Labute approximate surface area is 175 Å². The van der Waals surface area contributed by atoms with Crippen LogP contribution in [-0.4, -0.2) is 37.9 Å². The summed E-state index contributed by atoms with van der Waals surface area (Å²) in [5, 5.41) is 38.8. The quantitative estimate of drug-likeness (QED) is 0.573. The molecule has 7 nitrogen and oxygen atoms in total. The summed E-state index contributed by atoms with van der Waals surface area (Å²) in [6.07, 6.45) is 4.04. The number of ether oxygens (including phenoxy) is 1. The fourth-order valence-electron chi connectivity index (χ4n) is 5.71. The minimum atomic E-state index is -1.73. The number of likely N-dealkylation sites (N-methyl/N-ethyl adjacent to an activating group) is 1. The van der Waals surface area contributed by atoms with E-state index in [2.05, 4.69) is 31.3 Å². The highest BCUT2D eigenvalue weighted by atomic mass is 16.5. The van der Waals surface area contributed by atoms with Gasteiger partial charge in [-0.25, -0.2) is 4.79 Å². The Bertz CT molecular complexity index is 1050. The molecule has 2 N–H and O–H groups in total. The van der Waals surface area contributed by atoms with Gasteiger partial charge in [0.25, 0.3) is 0 Å². The Balaban J connectivity index is 1.92. The molecule has 7 heteroatoms. The molecule has 1 aromatic carbocycles. The number of carbonyl (C=O) groups excluding carboxylic acids is 1. The van der Waals surface area contributed by atoms with Gasteiger partial charge in [0.1, 0.15) is 12.0 Å². The second-order valence-electron chi connectivity index (χ2n) is 8.33. The van der Waals surface area contributed by atoms with Crippen molar-refractivity contribution in [3.63, 3.8) is 0 Å². The lowest BCUT2D eigenvalue weighted by molar-refractivity contribution is -0.916. The maximum Gasteiger partial charge on any atom is 0.337 e. The van der Waals surface area contributed by atoms with E-state index < -0.39 is 23.2 Å². The van der Waals surface area contributed by atoms with Crippen LogP contribution in [0.4, 0.5) is 0 Å². The minimum Gasteiger partial charge on any atom is -0.465 e. The normalized spacial score (nSPS) is 33.3. The highest BCUT2D eigenvalue weighted by molar-refractivity contribution is 6.01. The molecule has 2 heterocycles. The van der Waals surface area contributed by atoms with Gasteiger partial charge in [0.05, 0.1) is 49.7 Å². The third-order valence-electron chi connectivity index (χ3n) is 7.22. The summed E-state index contributed by atoms with van der Waals surface area (Å²) >= 11 is 0. The summed E-state index contributed by atoms with van der Waals surface area (Å²) in [7, 11) is 3.43. The number of nitrogens with zero attached hydrogens (tertiary/aromatic N) is 3. The van der Waals surface area contributed by atoms with Crippen LogP contribution in [-0.2, 0) is 4.74 Å². The largest absolute Gasteiger partial charge is 0.465 e. The Morgan fingerprint density at radius 3 is 2.43 bits per heavy atom. The molecule has 150 valence electrons. The van der Waals surface area contributed by atoms with Gasteiger partial charge in [-0.15, -0.1) is 0 Å². The number of hydrogen-bond acceptors (Lipinski definition) is 6. The van der Waals surface area contributed by atoms with Crippen molar-refractivity contribution in [2.75, 3.05) is 14.2 Å². The number of benzene rings is 1. The predicted octanol–water partition coefficient (Wildman–Crippen LogP) is 1.37. The van der Waals surface area contributed by atoms with Gasteiger partial charge in [-0.3, -0.25) is 0 Å². The van der Waals surface area contributed by atoms with E-state index in [0.717, 1.165) is 24.0 Å². The summed E-state index contributed by atoms with van der Waals surface area (Å²) in [5.41, 5.74) is 0.109. The van der Waals surface area contributed by atoms with Crippen LogP contribution in [0.15, 0.2) is 35.9 Å². The number of nitrogens with one attached hydrogen (secondary N) is 2. The van der Waals surface area contributed by atoms with Crippen molar-refractivity contribution in [1.82, 2.24) is 0 Å². The first kappa shape index (κ1) is 19.8. The summed E-state index contributed by atoms with van der Waals surface area (Å²) < 4.78 is 4.76. The molecule has 0 aromatic heterocycles. The van der Waals surface area contributed by atoms with Gasteiger partial charge in [-0.1, -0.05) is 12.1 Å². The van der Waals surface area contributed by atoms with Crippen molar-refractivity contribution in [3.05, 3.63) is 47.0 Å². The molecule has 4 rings (SSSR count). The van der Waals surface area contributed by atoms with Gasteiger partial charge in [0, 0.05) is 24.7 Å². The number of esters is 1. The zero-order chi connectivity index (χ0) is 21.6. The van der Waals surface area contributed by atoms with Gasteiger partial charge in [-0.05, 0) is 29.3 Å². The van der Waals surface area contributed by atoms with Gasteiger partial charge in [0.2, 0.25) is 0 Å². The molecule has 0 spiro atoms. The van der Waals surface area contributed by atoms with E-state index in [4.69, 9.17) is 10.1 Å². The zero-order valence-corrected chi connectivity index (χ0v) is 16.8. The topological polar surface area (TPSA) is 126 Å². The molecule has 1 aliphatic carbocycles. The molecule has 2 bridgehead atoms. The van der Waals surface area contributed by atoms with Crippen LogP contribution in [0.25, 0.3) is 0 Å². The Hall–Kier alpha value is -3.47. The Kier molecular flexibility index (Phi) is 4.69. The molecule has 2 aliphatic heterocycles. The van der Waals surface area contributed by atoms with E-state index in [1.165, 1.54) is 12.0 Å². The van der Waals surface area contributed by atoms with E-state index in [0.29, 0.717) is 11.6 Å². The maximum absolute atomic E-state index is 11.8. The van der Waals surface area contributed by atoms with Crippen molar-refractivity contribution in [1.29, 1.82) is 21.2 Å². The highest BCUT2D eigenvalue weighted by Gasteiger charge is 2.62. The first-order valence-electron chi connectivity index (χ1n) is 9.97. The van der Waals surface area contributed by atoms with Crippen molar-refractivity contribution < 1.29 is 14.4 Å². The summed E-state index contributed by atoms with van der Waals surface area (Å²) in [4.78, 5) is 13.2. The molecule has 2 unspecified atom stereocenters. The van der Waals surface area contributed by atoms with Crippen LogP contribution >= 0.6 is 0 Å². The standard InChI is InChI=1S/C23H21N5O2/c1-28-15-7-8-18(28)19-16(9-15)17(10-24)21(27)23(11-25,12-26)20(19)13-3-5-14(6-4-13)22(29)30-2/h3-6,9,15,17-20,27H,7-8H2,1-2H3/p+1/t15-,17?,18+,19-,20-/m1/s1. The Morgan fingerprint density at radius 1 is 1.20 bits per heavy atom. The number of fused-ring (bicyclic) bond motifs is 4. The van der Waals surface area contributed by atoms with Crippen LogP contribution in [0.1, 0.15) is 34.7 Å².